The number of carbonyl (C=O) groups excluding carboxylic acids is 1. The predicted octanol–water partition coefficient (Wildman–Crippen LogP) is 1.37. The Morgan fingerprint density at radius 1 is 1.53 bits per heavy atom. The van der Waals surface area contributed by atoms with Crippen LogP contribution in [0.1, 0.15) is 13.3 Å². The van der Waals surface area contributed by atoms with Crippen LogP contribution < -0.4 is 16.0 Å². The van der Waals surface area contributed by atoms with E-state index in [2.05, 4.69) is 5.32 Å². The minimum atomic E-state index is -0.421. The van der Waals surface area contributed by atoms with Gasteiger partial charge in [-0.15, -0.1) is 0 Å². The molecule has 3 N–H and O–H groups in total. The summed E-state index contributed by atoms with van der Waals surface area (Å²) in [5.41, 5.74) is 6.19. The summed E-state index contributed by atoms with van der Waals surface area (Å²) in [6, 6.07) is 4.42. The van der Waals surface area contributed by atoms with Crippen LogP contribution in [0.4, 0.5) is 15.8 Å². The molecule has 0 heterocycles. The molecule has 5 heteroatoms. The topological polar surface area (TPSA) is 58.4 Å². The quantitative estimate of drug-likeness (QED) is 0.763. The largest absolute Gasteiger partial charge is 0.399 e. The lowest BCUT2D eigenvalue weighted by Gasteiger charge is -2.19. The molecule has 0 aliphatic heterocycles. The van der Waals surface area contributed by atoms with Crippen LogP contribution in [0.3, 0.4) is 0 Å². The van der Waals surface area contributed by atoms with Crippen molar-refractivity contribution >= 4 is 17.3 Å². The first-order valence-electron chi connectivity index (χ1n) is 5.57. The predicted molar refractivity (Wildman–Crippen MR) is 67.4 cm³/mol. The van der Waals surface area contributed by atoms with E-state index < -0.39 is 5.82 Å². The average molecular weight is 239 g/mol. The summed E-state index contributed by atoms with van der Waals surface area (Å²) < 4.78 is 13.5. The fourth-order valence-electron chi connectivity index (χ4n) is 1.45. The van der Waals surface area contributed by atoms with E-state index in [4.69, 9.17) is 5.73 Å². The maximum Gasteiger partial charge on any atom is 0.239 e. The van der Waals surface area contributed by atoms with Crippen molar-refractivity contribution in [3.05, 3.63) is 24.0 Å². The summed E-state index contributed by atoms with van der Waals surface area (Å²) >= 11 is 0. The molecule has 0 aromatic heterocycles. The third-order valence-electron chi connectivity index (χ3n) is 2.34. The summed E-state index contributed by atoms with van der Waals surface area (Å²) in [4.78, 5) is 13.0. The number of rotatable bonds is 5. The van der Waals surface area contributed by atoms with Gasteiger partial charge in [-0.1, -0.05) is 6.92 Å². The van der Waals surface area contributed by atoms with Gasteiger partial charge >= 0.3 is 0 Å². The number of halogens is 1. The third-order valence-corrected chi connectivity index (χ3v) is 2.34. The van der Waals surface area contributed by atoms with Gasteiger partial charge in [0.25, 0.3) is 0 Å². The van der Waals surface area contributed by atoms with E-state index in [1.54, 1.807) is 24.1 Å². The van der Waals surface area contributed by atoms with Crippen molar-refractivity contribution < 1.29 is 9.18 Å². The zero-order chi connectivity index (χ0) is 12.8. The number of anilines is 2. The van der Waals surface area contributed by atoms with Crippen molar-refractivity contribution in [3.63, 3.8) is 0 Å². The molecule has 1 aromatic rings. The number of hydrogen-bond donors (Lipinski definition) is 2. The number of amides is 1. The van der Waals surface area contributed by atoms with Gasteiger partial charge in [0.2, 0.25) is 5.91 Å². The maximum atomic E-state index is 13.5. The van der Waals surface area contributed by atoms with Gasteiger partial charge in [0.1, 0.15) is 5.82 Å². The summed E-state index contributed by atoms with van der Waals surface area (Å²) in [6.45, 7) is 2.74. The second-order valence-electron chi connectivity index (χ2n) is 3.92. The van der Waals surface area contributed by atoms with Crippen LogP contribution >= 0.6 is 0 Å². The molecule has 4 nitrogen and oxygen atoms in total. The van der Waals surface area contributed by atoms with Crippen LogP contribution in [-0.4, -0.2) is 26.0 Å². The van der Waals surface area contributed by atoms with Gasteiger partial charge in [-0.2, -0.15) is 0 Å². The average Bonchev–Trinajstić information content (AvgIpc) is 2.26. The zero-order valence-corrected chi connectivity index (χ0v) is 10.2. The Hall–Kier alpha value is -1.78. The number of carbonyl (C=O) groups is 1. The second kappa shape index (κ2) is 6.08. The minimum Gasteiger partial charge on any atom is -0.399 e. The van der Waals surface area contributed by atoms with E-state index in [1.807, 2.05) is 6.92 Å². The number of nitrogens with two attached hydrogens (primary N) is 1. The molecule has 0 spiro atoms. The lowest BCUT2D eigenvalue weighted by molar-refractivity contribution is -0.119. The van der Waals surface area contributed by atoms with E-state index >= 15 is 0 Å². The first kappa shape index (κ1) is 13.3. The van der Waals surface area contributed by atoms with E-state index in [-0.39, 0.29) is 12.5 Å². The molecule has 94 valence electrons. The van der Waals surface area contributed by atoms with Gasteiger partial charge in [-0.25, -0.2) is 4.39 Å². The molecule has 0 atom stereocenters. The van der Waals surface area contributed by atoms with Gasteiger partial charge < -0.3 is 16.0 Å². The van der Waals surface area contributed by atoms with Crippen LogP contribution in [0.25, 0.3) is 0 Å². The highest BCUT2D eigenvalue weighted by Gasteiger charge is 2.11. The summed E-state index contributed by atoms with van der Waals surface area (Å²) in [6.07, 6.45) is 0.881. The molecule has 0 bridgehead atoms. The van der Waals surface area contributed by atoms with Gasteiger partial charge in [-0.3, -0.25) is 4.79 Å². The molecule has 0 saturated heterocycles. The Balaban J connectivity index is 2.63. The van der Waals surface area contributed by atoms with E-state index in [1.165, 1.54) is 6.07 Å². The summed E-state index contributed by atoms with van der Waals surface area (Å²) in [7, 11) is 1.67. The van der Waals surface area contributed by atoms with Crippen LogP contribution in [0, 0.1) is 5.82 Å². The van der Waals surface area contributed by atoms with Gasteiger partial charge in [0.15, 0.2) is 0 Å². The number of likely N-dealkylation sites (N-methyl/N-ethyl adjacent to an activating group) is 1. The highest BCUT2D eigenvalue weighted by atomic mass is 19.1. The Labute approximate surface area is 101 Å². The molecule has 0 saturated carbocycles. The number of nitrogens with one attached hydrogen (secondary N) is 1. The molecule has 1 aromatic carbocycles. The molecular weight excluding hydrogens is 221 g/mol. The summed E-state index contributed by atoms with van der Waals surface area (Å²) in [5.74, 6) is -0.540. The van der Waals surface area contributed by atoms with Crippen molar-refractivity contribution in [2.75, 3.05) is 30.8 Å². The molecular formula is C12H18FN3O. The Morgan fingerprint density at radius 2 is 2.24 bits per heavy atom. The van der Waals surface area contributed by atoms with Crippen molar-refractivity contribution in [3.8, 4) is 0 Å². The molecule has 1 amide bonds. The van der Waals surface area contributed by atoms with Crippen molar-refractivity contribution in [1.29, 1.82) is 0 Å². The van der Waals surface area contributed by atoms with Gasteiger partial charge in [0, 0.05) is 19.3 Å². The SMILES string of the molecule is CCCNC(=O)CN(C)c1ccc(N)cc1F. The van der Waals surface area contributed by atoms with Gasteiger partial charge in [-0.05, 0) is 24.6 Å². The summed E-state index contributed by atoms with van der Waals surface area (Å²) in [5, 5.41) is 2.74. The van der Waals surface area contributed by atoms with Crippen molar-refractivity contribution in [2.24, 2.45) is 0 Å². The first-order chi connectivity index (χ1) is 8.04. The molecule has 17 heavy (non-hydrogen) atoms. The molecule has 0 unspecified atom stereocenters. The lowest BCUT2D eigenvalue weighted by Crippen LogP contribution is -2.35. The Morgan fingerprint density at radius 3 is 2.82 bits per heavy atom. The first-order valence-corrected chi connectivity index (χ1v) is 5.57. The number of nitrogens with zero attached hydrogens (tertiary/aromatic N) is 1. The van der Waals surface area contributed by atoms with Gasteiger partial charge in [0.05, 0.1) is 12.2 Å². The maximum absolute atomic E-state index is 13.5. The smallest absolute Gasteiger partial charge is 0.239 e. The molecule has 0 aliphatic carbocycles. The second-order valence-corrected chi connectivity index (χ2v) is 3.92. The number of hydrogen-bond acceptors (Lipinski definition) is 3. The Bertz CT molecular complexity index is 395. The third kappa shape index (κ3) is 3.94. The van der Waals surface area contributed by atoms with E-state index in [0.717, 1.165) is 6.42 Å². The minimum absolute atomic E-state index is 0.120. The molecule has 0 aliphatic rings. The monoisotopic (exact) mass is 239 g/mol. The van der Waals surface area contributed by atoms with Crippen LogP contribution in [0.2, 0.25) is 0 Å². The molecule has 1 rings (SSSR count). The molecule has 0 radical (unpaired) electrons. The van der Waals surface area contributed by atoms with E-state index in [0.29, 0.717) is 17.9 Å². The van der Waals surface area contributed by atoms with Crippen molar-refractivity contribution in [2.45, 2.75) is 13.3 Å². The standard InChI is InChI=1S/C12H18FN3O/c1-3-6-15-12(17)8-16(2)11-5-4-9(14)7-10(11)13/h4-5,7H,3,6,8,14H2,1-2H3,(H,15,17). The van der Waals surface area contributed by atoms with Crippen LogP contribution in [-0.2, 0) is 4.79 Å². The molecule has 0 fully saturated rings. The van der Waals surface area contributed by atoms with Crippen LogP contribution in [0.15, 0.2) is 18.2 Å². The van der Waals surface area contributed by atoms with E-state index in [9.17, 15) is 9.18 Å². The van der Waals surface area contributed by atoms with Crippen molar-refractivity contribution in [1.82, 2.24) is 5.32 Å². The lowest BCUT2D eigenvalue weighted by atomic mass is 10.2. The fourth-order valence-corrected chi connectivity index (χ4v) is 1.45. The highest BCUT2D eigenvalue weighted by Crippen LogP contribution is 2.19. The fraction of sp³-hybridized carbons (Fsp3) is 0.417. The normalized spacial score (nSPS) is 10.1. The van der Waals surface area contributed by atoms with Crippen LogP contribution in [0.5, 0.6) is 0 Å². The number of benzene rings is 1. The number of nitrogen functional groups attached to an aromatic ring is 1. The Kier molecular flexibility index (Phi) is 4.75. The zero-order valence-electron chi connectivity index (χ0n) is 10.2. The highest BCUT2D eigenvalue weighted by molar-refractivity contribution is 5.81.